The van der Waals surface area contributed by atoms with Crippen molar-refractivity contribution < 1.29 is 4.79 Å². The average molecular weight is 370 g/mol. The van der Waals surface area contributed by atoms with Gasteiger partial charge in [0.05, 0.1) is 23.3 Å². The smallest absolute Gasteiger partial charge is 0.224 e. The van der Waals surface area contributed by atoms with E-state index in [9.17, 15) is 4.79 Å². The third-order valence-electron chi connectivity index (χ3n) is 4.97. The van der Waals surface area contributed by atoms with Gasteiger partial charge in [0.25, 0.3) is 0 Å². The quantitative estimate of drug-likeness (QED) is 0.580. The van der Waals surface area contributed by atoms with E-state index in [2.05, 4.69) is 15.4 Å². The van der Waals surface area contributed by atoms with Crippen molar-refractivity contribution in [3.8, 4) is 5.69 Å². The fourth-order valence-electron chi connectivity index (χ4n) is 3.48. The molecular formula is C23H22N4O. The Kier molecular flexibility index (Phi) is 4.89. The number of nitrogens with zero attached hydrogens (tertiary/aromatic N) is 3. The van der Waals surface area contributed by atoms with Crippen molar-refractivity contribution in [3.05, 3.63) is 89.4 Å². The molecule has 4 rings (SSSR count). The van der Waals surface area contributed by atoms with Crippen LogP contribution in [0.2, 0.25) is 0 Å². The normalized spacial score (nSPS) is 10.9. The molecule has 0 saturated heterocycles. The van der Waals surface area contributed by atoms with Crippen LogP contribution in [0, 0.1) is 13.8 Å². The maximum absolute atomic E-state index is 12.6. The molecule has 5 nitrogen and oxygen atoms in total. The second-order valence-electron chi connectivity index (χ2n) is 6.84. The van der Waals surface area contributed by atoms with E-state index in [-0.39, 0.29) is 5.91 Å². The number of para-hydroxylation sites is 2. The standard InChI is InChI=1S/C23H22N4O/c1-16-21(17(2)27(26-16)20-11-4-3-5-12-20)15-25-22(28)14-19-9-6-8-18-10-7-13-24-23(18)19/h3-13H,14-15H2,1-2H3,(H,25,28). The summed E-state index contributed by atoms with van der Waals surface area (Å²) in [6.07, 6.45) is 2.06. The molecule has 0 atom stereocenters. The van der Waals surface area contributed by atoms with Crippen molar-refractivity contribution in [2.24, 2.45) is 0 Å². The van der Waals surface area contributed by atoms with Gasteiger partial charge in [0, 0.05) is 29.4 Å². The second kappa shape index (κ2) is 7.64. The molecule has 0 spiro atoms. The lowest BCUT2D eigenvalue weighted by atomic mass is 10.1. The molecule has 0 unspecified atom stereocenters. The highest BCUT2D eigenvalue weighted by Gasteiger charge is 2.14. The monoisotopic (exact) mass is 370 g/mol. The summed E-state index contributed by atoms with van der Waals surface area (Å²) in [5.74, 6) is -0.0237. The molecular weight excluding hydrogens is 348 g/mol. The number of hydrogen-bond donors (Lipinski definition) is 1. The Hall–Kier alpha value is -3.47. The predicted molar refractivity (Wildman–Crippen MR) is 110 cm³/mol. The number of benzene rings is 2. The van der Waals surface area contributed by atoms with Crippen LogP contribution in [0.15, 0.2) is 66.9 Å². The number of carbonyl (C=O) groups is 1. The minimum absolute atomic E-state index is 0.0237. The van der Waals surface area contributed by atoms with Crippen molar-refractivity contribution in [2.45, 2.75) is 26.8 Å². The highest BCUT2D eigenvalue weighted by atomic mass is 16.1. The maximum Gasteiger partial charge on any atom is 0.224 e. The molecule has 0 aliphatic heterocycles. The number of carbonyl (C=O) groups excluding carboxylic acids is 1. The number of amides is 1. The maximum atomic E-state index is 12.6. The lowest BCUT2D eigenvalue weighted by molar-refractivity contribution is -0.120. The summed E-state index contributed by atoms with van der Waals surface area (Å²) in [6.45, 7) is 4.47. The third kappa shape index (κ3) is 3.51. The second-order valence-corrected chi connectivity index (χ2v) is 6.84. The van der Waals surface area contributed by atoms with Crippen molar-refractivity contribution in [3.63, 3.8) is 0 Å². The van der Waals surface area contributed by atoms with Gasteiger partial charge in [-0.2, -0.15) is 5.10 Å². The molecule has 2 aromatic heterocycles. The fourth-order valence-corrected chi connectivity index (χ4v) is 3.48. The van der Waals surface area contributed by atoms with Gasteiger partial charge in [0.1, 0.15) is 0 Å². The molecule has 28 heavy (non-hydrogen) atoms. The molecule has 0 fully saturated rings. The van der Waals surface area contributed by atoms with Crippen molar-refractivity contribution in [1.29, 1.82) is 0 Å². The summed E-state index contributed by atoms with van der Waals surface area (Å²) in [6, 6.07) is 19.9. The molecule has 0 bridgehead atoms. The van der Waals surface area contributed by atoms with Gasteiger partial charge in [-0.25, -0.2) is 4.68 Å². The van der Waals surface area contributed by atoms with Crippen LogP contribution >= 0.6 is 0 Å². The summed E-state index contributed by atoms with van der Waals surface area (Å²) in [5, 5.41) is 8.72. The lowest BCUT2D eigenvalue weighted by Gasteiger charge is -2.08. The van der Waals surface area contributed by atoms with Crippen LogP contribution in [0.25, 0.3) is 16.6 Å². The average Bonchev–Trinajstić information content (AvgIpc) is 3.01. The van der Waals surface area contributed by atoms with Crippen LogP contribution in [0.1, 0.15) is 22.5 Å². The Morgan fingerprint density at radius 1 is 1.00 bits per heavy atom. The Morgan fingerprint density at radius 3 is 2.61 bits per heavy atom. The molecule has 5 heteroatoms. The first-order valence-electron chi connectivity index (χ1n) is 9.33. The van der Waals surface area contributed by atoms with Crippen molar-refractivity contribution in [2.75, 3.05) is 0 Å². The van der Waals surface area contributed by atoms with E-state index in [1.165, 1.54) is 0 Å². The number of aryl methyl sites for hydroxylation is 1. The molecule has 140 valence electrons. The minimum atomic E-state index is -0.0237. The predicted octanol–water partition coefficient (Wildman–Crippen LogP) is 3.90. The van der Waals surface area contributed by atoms with E-state index < -0.39 is 0 Å². The first-order chi connectivity index (χ1) is 13.6. The Morgan fingerprint density at radius 2 is 1.79 bits per heavy atom. The van der Waals surface area contributed by atoms with Gasteiger partial charge >= 0.3 is 0 Å². The van der Waals surface area contributed by atoms with Gasteiger partial charge in [0.2, 0.25) is 5.91 Å². The fraction of sp³-hybridized carbons (Fsp3) is 0.174. The summed E-state index contributed by atoms with van der Waals surface area (Å²) in [7, 11) is 0. The van der Waals surface area contributed by atoms with Gasteiger partial charge in [0.15, 0.2) is 0 Å². The first kappa shape index (κ1) is 17.9. The van der Waals surface area contributed by atoms with E-state index in [1.807, 2.05) is 79.2 Å². The van der Waals surface area contributed by atoms with Crippen LogP contribution in [0.5, 0.6) is 0 Å². The third-order valence-corrected chi connectivity index (χ3v) is 4.97. The SMILES string of the molecule is Cc1nn(-c2ccccc2)c(C)c1CNC(=O)Cc1cccc2cccnc12. The van der Waals surface area contributed by atoms with Crippen molar-refractivity contribution >= 4 is 16.8 Å². The topological polar surface area (TPSA) is 59.8 Å². The number of nitrogens with one attached hydrogen (secondary N) is 1. The molecule has 2 heterocycles. The Labute approximate surface area is 164 Å². The van der Waals surface area contributed by atoms with E-state index in [0.717, 1.165) is 39.1 Å². The van der Waals surface area contributed by atoms with E-state index in [4.69, 9.17) is 0 Å². The number of aromatic nitrogens is 3. The largest absolute Gasteiger partial charge is 0.352 e. The van der Waals surface area contributed by atoms with Crippen LogP contribution in [-0.2, 0) is 17.8 Å². The van der Waals surface area contributed by atoms with Crippen LogP contribution in [0.4, 0.5) is 0 Å². The molecule has 0 saturated carbocycles. The number of pyridine rings is 1. The number of fused-ring (bicyclic) bond motifs is 1. The molecule has 1 amide bonds. The highest BCUT2D eigenvalue weighted by molar-refractivity contribution is 5.87. The van der Waals surface area contributed by atoms with E-state index in [0.29, 0.717) is 13.0 Å². The molecule has 2 aromatic carbocycles. The van der Waals surface area contributed by atoms with Crippen molar-refractivity contribution in [1.82, 2.24) is 20.1 Å². The zero-order valence-electron chi connectivity index (χ0n) is 16.0. The molecule has 0 aliphatic carbocycles. The summed E-state index contributed by atoms with van der Waals surface area (Å²) in [4.78, 5) is 17.0. The lowest BCUT2D eigenvalue weighted by Crippen LogP contribution is -2.25. The van der Waals surface area contributed by atoms with Gasteiger partial charge in [-0.05, 0) is 37.6 Å². The highest BCUT2D eigenvalue weighted by Crippen LogP contribution is 2.19. The van der Waals surface area contributed by atoms with Crippen LogP contribution in [-0.4, -0.2) is 20.7 Å². The minimum Gasteiger partial charge on any atom is -0.352 e. The Bertz CT molecular complexity index is 1130. The van der Waals surface area contributed by atoms with Gasteiger partial charge in [-0.15, -0.1) is 0 Å². The molecule has 1 N–H and O–H groups in total. The summed E-state index contributed by atoms with van der Waals surface area (Å²) >= 11 is 0. The Balaban J connectivity index is 1.49. The van der Waals surface area contributed by atoms with E-state index in [1.54, 1.807) is 6.20 Å². The zero-order valence-corrected chi connectivity index (χ0v) is 16.0. The summed E-state index contributed by atoms with van der Waals surface area (Å²) < 4.78 is 1.92. The van der Waals surface area contributed by atoms with Crippen LogP contribution < -0.4 is 5.32 Å². The first-order valence-corrected chi connectivity index (χ1v) is 9.33. The van der Waals surface area contributed by atoms with Gasteiger partial charge in [-0.3, -0.25) is 9.78 Å². The van der Waals surface area contributed by atoms with Crippen LogP contribution in [0.3, 0.4) is 0 Å². The zero-order chi connectivity index (χ0) is 19.5. The molecule has 0 radical (unpaired) electrons. The van der Waals surface area contributed by atoms with Gasteiger partial charge in [-0.1, -0.05) is 42.5 Å². The molecule has 4 aromatic rings. The number of hydrogen-bond acceptors (Lipinski definition) is 3. The molecule has 0 aliphatic rings. The van der Waals surface area contributed by atoms with E-state index >= 15 is 0 Å². The van der Waals surface area contributed by atoms with Gasteiger partial charge < -0.3 is 5.32 Å². The summed E-state index contributed by atoms with van der Waals surface area (Å²) in [5.41, 5.74) is 5.84. The number of rotatable bonds is 5.